The molecule has 7 nitrogen and oxygen atoms in total. The van der Waals surface area contributed by atoms with E-state index in [1.807, 2.05) is 6.92 Å². The van der Waals surface area contributed by atoms with Gasteiger partial charge >= 0.3 is 6.09 Å². The lowest BCUT2D eigenvalue weighted by Crippen LogP contribution is -2.42. The van der Waals surface area contributed by atoms with Crippen molar-refractivity contribution in [3.05, 3.63) is 23.9 Å². The van der Waals surface area contributed by atoms with Gasteiger partial charge in [0.15, 0.2) is 0 Å². The Kier molecular flexibility index (Phi) is 7.69. The minimum absolute atomic E-state index is 0.0757. The second-order valence-corrected chi connectivity index (χ2v) is 6.97. The third-order valence-corrected chi connectivity index (χ3v) is 4.40. The molecular formula is C19H30N4O3. The summed E-state index contributed by atoms with van der Waals surface area (Å²) in [6.45, 7) is 8.46. The highest BCUT2D eigenvalue weighted by atomic mass is 16.6. The van der Waals surface area contributed by atoms with E-state index in [-0.39, 0.29) is 18.0 Å². The van der Waals surface area contributed by atoms with Gasteiger partial charge in [-0.15, -0.1) is 0 Å². The van der Waals surface area contributed by atoms with E-state index in [1.54, 1.807) is 23.2 Å². The molecule has 0 atom stereocenters. The number of anilines is 1. The smallest absolute Gasteiger partial charge is 0.409 e. The van der Waals surface area contributed by atoms with Crippen LogP contribution in [0.25, 0.3) is 0 Å². The van der Waals surface area contributed by atoms with Crippen molar-refractivity contribution in [2.75, 3.05) is 31.6 Å². The molecule has 2 amide bonds. The van der Waals surface area contributed by atoms with Crippen molar-refractivity contribution in [1.29, 1.82) is 0 Å². The fourth-order valence-corrected chi connectivity index (χ4v) is 2.86. The number of piperidine rings is 1. The molecule has 1 saturated heterocycles. The highest BCUT2D eigenvalue weighted by Gasteiger charge is 2.23. The van der Waals surface area contributed by atoms with E-state index in [2.05, 4.69) is 29.5 Å². The zero-order chi connectivity index (χ0) is 18.9. The van der Waals surface area contributed by atoms with Crippen LogP contribution < -0.4 is 10.6 Å². The second-order valence-electron chi connectivity index (χ2n) is 6.97. The molecule has 0 aromatic carbocycles. The van der Waals surface area contributed by atoms with E-state index < -0.39 is 0 Å². The third kappa shape index (κ3) is 6.20. The number of aromatic nitrogens is 1. The molecule has 7 heteroatoms. The number of rotatable bonds is 7. The SMILES string of the molecule is CCOC(=O)N1CCC(Nc2cc(C(=O)NCCC(C)C)ccn2)CC1. The Labute approximate surface area is 155 Å². The van der Waals surface area contributed by atoms with Crippen molar-refractivity contribution in [2.45, 2.75) is 46.1 Å². The van der Waals surface area contributed by atoms with E-state index >= 15 is 0 Å². The highest BCUT2D eigenvalue weighted by Crippen LogP contribution is 2.17. The molecule has 0 radical (unpaired) electrons. The summed E-state index contributed by atoms with van der Waals surface area (Å²) < 4.78 is 5.03. The molecule has 0 saturated carbocycles. The molecule has 2 N–H and O–H groups in total. The number of carbonyl (C=O) groups is 2. The molecule has 0 aliphatic carbocycles. The molecule has 2 rings (SSSR count). The Bertz CT molecular complexity index is 598. The van der Waals surface area contributed by atoms with Gasteiger partial charge in [0.1, 0.15) is 5.82 Å². The van der Waals surface area contributed by atoms with Crippen LogP contribution in [0.1, 0.15) is 50.4 Å². The molecule has 1 aliphatic heterocycles. The van der Waals surface area contributed by atoms with E-state index in [1.165, 1.54) is 0 Å². The number of ether oxygens (including phenoxy) is 1. The summed E-state index contributed by atoms with van der Waals surface area (Å²) in [6.07, 6.45) is 4.01. The molecule has 2 heterocycles. The van der Waals surface area contributed by atoms with Crippen molar-refractivity contribution in [3.8, 4) is 0 Å². The summed E-state index contributed by atoms with van der Waals surface area (Å²) in [4.78, 5) is 30.0. The minimum Gasteiger partial charge on any atom is -0.450 e. The summed E-state index contributed by atoms with van der Waals surface area (Å²) in [7, 11) is 0. The van der Waals surface area contributed by atoms with Crippen LogP contribution in [0.5, 0.6) is 0 Å². The van der Waals surface area contributed by atoms with Crippen LogP contribution in [0.15, 0.2) is 18.3 Å². The summed E-state index contributed by atoms with van der Waals surface area (Å²) >= 11 is 0. The van der Waals surface area contributed by atoms with Gasteiger partial charge in [-0.1, -0.05) is 13.8 Å². The van der Waals surface area contributed by atoms with Crippen LogP contribution in [0.4, 0.5) is 10.6 Å². The van der Waals surface area contributed by atoms with Gasteiger partial charge in [-0.25, -0.2) is 9.78 Å². The quantitative estimate of drug-likeness (QED) is 0.779. The van der Waals surface area contributed by atoms with Gasteiger partial charge < -0.3 is 20.3 Å². The van der Waals surface area contributed by atoms with Crippen LogP contribution >= 0.6 is 0 Å². The van der Waals surface area contributed by atoms with Gasteiger partial charge in [0, 0.05) is 37.4 Å². The second kappa shape index (κ2) is 9.99. The van der Waals surface area contributed by atoms with Gasteiger partial charge in [0.05, 0.1) is 6.61 Å². The summed E-state index contributed by atoms with van der Waals surface area (Å²) in [5, 5.41) is 6.31. The molecule has 1 aliphatic rings. The topological polar surface area (TPSA) is 83.6 Å². The van der Waals surface area contributed by atoms with Crippen LogP contribution in [0, 0.1) is 5.92 Å². The van der Waals surface area contributed by atoms with E-state index in [0.717, 1.165) is 19.3 Å². The first-order valence-electron chi connectivity index (χ1n) is 9.42. The Morgan fingerprint density at radius 3 is 2.73 bits per heavy atom. The maximum absolute atomic E-state index is 12.2. The lowest BCUT2D eigenvalue weighted by atomic mass is 10.1. The zero-order valence-electron chi connectivity index (χ0n) is 16.0. The van der Waals surface area contributed by atoms with Gasteiger partial charge in [-0.05, 0) is 44.2 Å². The average molecular weight is 362 g/mol. The van der Waals surface area contributed by atoms with Crippen molar-refractivity contribution in [1.82, 2.24) is 15.2 Å². The first kappa shape index (κ1) is 20.0. The molecule has 0 spiro atoms. The Morgan fingerprint density at radius 2 is 2.08 bits per heavy atom. The number of amides is 2. The van der Waals surface area contributed by atoms with Crippen LogP contribution in [-0.4, -0.2) is 54.2 Å². The van der Waals surface area contributed by atoms with Gasteiger partial charge in [0.25, 0.3) is 5.91 Å². The fraction of sp³-hybridized carbons (Fsp3) is 0.632. The van der Waals surface area contributed by atoms with E-state index in [9.17, 15) is 9.59 Å². The van der Waals surface area contributed by atoms with Gasteiger partial charge in [0.2, 0.25) is 0 Å². The van der Waals surface area contributed by atoms with Crippen LogP contribution in [0.2, 0.25) is 0 Å². The summed E-state index contributed by atoms with van der Waals surface area (Å²) in [5.41, 5.74) is 0.607. The molecule has 0 unspecified atom stereocenters. The van der Waals surface area contributed by atoms with Gasteiger partial charge in [-0.3, -0.25) is 4.79 Å². The lowest BCUT2D eigenvalue weighted by molar-refractivity contribution is 0.0949. The Morgan fingerprint density at radius 1 is 1.35 bits per heavy atom. The molecule has 1 fully saturated rings. The van der Waals surface area contributed by atoms with Crippen LogP contribution in [-0.2, 0) is 4.74 Å². The standard InChI is InChI=1S/C19H30N4O3/c1-4-26-19(25)23-11-7-16(8-12-23)22-17-13-15(6-10-20-17)18(24)21-9-5-14(2)3/h6,10,13-14,16H,4-5,7-9,11-12H2,1-3H3,(H,20,22)(H,21,24). The van der Waals surface area contributed by atoms with Crippen molar-refractivity contribution in [2.24, 2.45) is 5.92 Å². The maximum Gasteiger partial charge on any atom is 0.409 e. The largest absolute Gasteiger partial charge is 0.450 e. The molecule has 1 aromatic rings. The Balaban J connectivity index is 1.83. The summed E-state index contributed by atoms with van der Waals surface area (Å²) in [5.74, 6) is 1.18. The summed E-state index contributed by atoms with van der Waals surface area (Å²) in [6, 6.07) is 3.73. The average Bonchev–Trinajstić information content (AvgIpc) is 2.62. The number of likely N-dealkylation sites (tertiary alicyclic amines) is 1. The number of hydrogen-bond donors (Lipinski definition) is 2. The first-order chi connectivity index (χ1) is 12.5. The normalized spacial score (nSPS) is 15.0. The predicted octanol–water partition coefficient (Wildman–Crippen LogP) is 2.89. The number of hydrogen-bond acceptors (Lipinski definition) is 5. The van der Waals surface area contributed by atoms with Crippen molar-refractivity contribution >= 4 is 17.8 Å². The molecule has 1 aromatic heterocycles. The van der Waals surface area contributed by atoms with Crippen molar-refractivity contribution < 1.29 is 14.3 Å². The van der Waals surface area contributed by atoms with E-state index in [4.69, 9.17) is 4.74 Å². The van der Waals surface area contributed by atoms with Crippen molar-refractivity contribution in [3.63, 3.8) is 0 Å². The number of carbonyl (C=O) groups excluding carboxylic acids is 2. The molecule has 144 valence electrons. The first-order valence-corrected chi connectivity index (χ1v) is 9.42. The number of pyridine rings is 1. The fourth-order valence-electron chi connectivity index (χ4n) is 2.86. The Hall–Kier alpha value is -2.31. The highest BCUT2D eigenvalue weighted by molar-refractivity contribution is 5.94. The monoisotopic (exact) mass is 362 g/mol. The van der Waals surface area contributed by atoms with E-state index in [0.29, 0.717) is 43.5 Å². The molecule has 0 bridgehead atoms. The van der Waals surface area contributed by atoms with Gasteiger partial charge in [-0.2, -0.15) is 0 Å². The minimum atomic E-state index is -0.246. The third-order valence-electron chi connectivity index (χ3n) is 4.40. The zero-order valence-corrected chi connectivity index (χ0v) is 16.0. The number of nitrogens with one attached hydrogen (secondary N) is 2. The predicted molar refractivity (Wildman–Crippen MR) is 101 cm³/mol. The van der Waals surface area contributed by atoms with Crippen LogP contribution in [0.3, 0.4) is 0 Å². The lowest BCUT2D eigenvalue weighted by Gasteiger charge is -2.31. The molecule has 26 heavy (non-hydrogen) atoms. The number of nitrogens with zero attached hydrogens (tertiary/aromatic N) is 2. The molecular weight excluding hydrogens is 332 g/mol. The maximum atomic E-state index is 12.2.